The van der Waals surface area contributed by atoms with E-state index >= 15 is 0 Å². The van der Waals surface area contributed by atoms with E-state index in [1.54, 1.807) is 0 Å². The minimum Gasteiger partial charge on any atom is -0.481 e. The molecule has 0 bridgehead atoms. The summed E-state index contributed by atoms with van der Waals surface area (Å²) in [6, 6.07) is 0. The average Bonchev–Trinajstić information content (AvgIpc) is 2.66. The smallest absolute Gasteiger partial charge is 0.305 e. The lowest BCUT2D eigenvalue weighted by molar-refractivity contribution is -0.141. The Balaban J connectivity index is 1.90. The molecular weight excluding hydrogens is 210 g/mol. The first-order valence-electron chi connectivity index (χ1n) is 5.77. The molecule has 0 aromatic carbocycles. The third-order valence-electron chi connectivity index (χ3n) is 3.41. The summed E-state index contributed by atoms with van der Waals surface area (Å²) in [4.78, 5) is 22.5. The summed E-state index contributed by atoms with van der Waals surface area (Å²) in [6.07, 6.45) is 3.81. The van der Waals surface area contributed by atoms with Crippen molar-refractivity contribution in [2.75, 3.05) is 6.61 Å². The zero-order valence-electron chi connectivity index (χ0n) is 9.20. The molecule has 1 aliphatic heterocycles. The van der Waals surface area contributed by atoms with E-state index in [1.807, 2.05) is 0 Å². The van der Waals surface area contributed by atoms with Gasteiger partial charge in [0, 0.05) is 6.61 Å². The zero-order chi connectivity index (χ0) is 11.6. The summed E-state index contributed by atoms with van der Waals surface area (Å²) in [6.45, 7) is 0.629. The molecule has 1 saturated carbocycles. The predicted molar refractivity (Wildman–Crippen MR) is 56.0 cm³/mol. The number of rotatable bonds is 4. The van der Waals surface area contributed by atoms with Gasteiger partial charge in [-0.25, -0.2) is 0 Å². The van der Waals surface area contributed by atoms with Crippen molar-refractivity contribution in [2.45, 2.75) is 50.2 Å². The molecule has 2 N–H and O–H groups in total. The van der Waals surface area contributed by atoms with Crippen LogP contribution < -0.4 is 5.32 Å². The van der Waals surface area contributed by atoms with Gasteiger partial charge in [0.15, 0.2) is 0 Å². The van der Waals surface area contributed by atoms with Crippen LogP contribution >= 0.6 is 0 Å². The highest BCUT2D eigenvalue weighted by Gasteiger charge is 2.41. The van der Waals surface area contributed by atoms with Gasteiger partial charge in [0.2, 0.25) is 5.91 Å². The summed E-state index contributed by atoms with van der Waals surface area (Å²) in [5, 5.41) is 11.7. The maximum atomic E-state index is 11.8. The molecule has 16 heavy (non-hydrogen) atoms. The summed E-state index contributed by atoms with van der Waals surface area (Å²) in [5.74, 6) is -0.995. The van der Waals surface area contributed by atoms with Crippen LogP contribution in [0.15, 0.2) is 0 Å². The largest absolute Gasteiger partial charge is 0.481 e. The molecule has 1 aliphatic carbocycles. The van der Waals surface area contributed by atoms with Crippen LogP contribution in [0, 0.1) is 0 Å². The second-order valence-electron chi connectivity index (χ2n) is 4.70. The van der Waals surface area contributed by atoms with Gasteiger partial charge in [0.05, 0.1) is 12.0 Å². The van der Waals surface area contributed by atoms with Crippen molar-refractivity contribution >= 4 is 11.9 Å². The number of nitrogens with one attached hydrogen (secondary N) is 1. The van der Waals surface area contributed by atoms with Crippen LogP contribution in [-0.4, -0.2) is 35.2 Å². The predicted octanol–water partition coefficient (Wildman–Crippen LogP) is 0.679. The quantitative estimate of drug-likeness (QED) is 0.740. The number of carbonyl (C=O) groups is 2. The summed E-state index contributed by atoms with van der Waals surface area (Å²) < 4.78 is 5.27. The maximum absolute atomic E-state index is 11.8. The van der Waals surface area contributed by atoms with E-state index in [-0.39, 0.29) is 18.4 Å². The van der Waals surface area contributed by atoms with Gasteiger partial charge in [-0.3, -0.25) is 9.59 Å². The number of carboxylic acids is 1. The first kappa shape index (κ1) is 11.4. The fourth-order valence-electron chi connectivity index (χ4n) is 2.37. The van der Waals surface area contributed by atoms with Crippen LogP contribution in [0.2, 0.25) is 0 Å². The van der Waals surface area contributed by atoms with E-state index in [0.717, 1.165) is 32.1 Å². The van der Waals surface area contributed by atoms with Crippen LogP contribution in [0.4, 0.5) is 0 Å². The Kier molecular flexibility index (Phi) is 3.14. The minimum atomic E-state index is -0.854. The molecule has 1 unspecified atom stereocenters. The molecule has 1 saturated heterocycles. The Morgan fingerprint density at radius 3 is 2.56 bits per heavy atom. The van der Waals surface area contributed by atoms with Crippen LogP contribution in [0.1, 0.15) is 38.5 Å². The lowest BCUT2D eigenvalue weighted by Crippen LogP contribution is -2.56. The third-order valence-corrected chi connectivity index (χ3v) is 3.41. The number of ether oxygens (including phenoxy) is 1. The lowest BCUT2D eigenvalue weighted by atomic mass is 9.74. The van der Waals surface area contributed by atoms with Crippen molar-refractivity contribution in [1.82, 2.24) is 5.32 Å². The van der Waals surface area contributed by atoms with Crippen LogP contribution in [0.3, 0.4) is 0 Å². The number of amides is 1. The molecular formula is C11H17NO4. The first-order chi connectivity index (χ1) is 7.61. The Morgan fingerprint density at radius 2 is 2.12 bits per heavy atom. The van der Waals surface area contributed by atoms with Crippen molar-refractivity contribution in [3.63, 3.8) is 0 Å². The van der Waals surface area contributed by atoms with E-state index < -0.39 is 11.5 Å². The van der Waals surface area contributed by atoms with Gasteiger partial charge in [-0.15, -0.1) is 0 Å². The standard InChI is InChI=1S/C11H17NO4/c13-9(14)7-11(4-2-5-11)12-10(15)8-3-1-6-16-8/h8H,1-7H2,(H,12,15)(H,13,14). The molecule has 5 heteroatoms. The second-order valence-corrected chi connectivity index (χ2v) is 4.70. The second kappa shape index (κ2) is 4.41. The number of hydrogen-bond donors (Lipinski definition) is 2. The summed E-state index contributed by atoms with van der Waals surface area (Å²) >= 11 is 0. The molecule has 2 fully saturated rings. The minimum absolute atomic E-state index is 0.0193. The normalized spacial score (nSPS) is 27.1. The molecule has 2 rings (SSSR count). The topological polar surface area (TPSA) is 75.6 Å². The van der Waals surface area contributed by atoms with Gasteiger partial charge < -0.3 is 15.2 Å². The fourth-order valence-corrected chi connectivity index (χ4v) is 2.37. The molecule has 0 aromatic rings. The fraction of sp³-hybridized carbons (Fsp3) is 0.818. The summed E-state index contributed by atoms with van der Waals surface area (Å²) in [7, 11) is 0. The monoisotopic (exact) mass is 227 g/mol. The highest BCUT2D eigenvalue weighted by molar-refractivity contribution is 5.82. The van der Waals surface area contributed by atoms with Gasteiger partial charge in [0.1, 0.15) is 6.10 Å². The molecule has 0 aromatic heterocycles. The molecule has 90 valence electrons. The maximum Gasteiger partial charge on any atom is 0.305 e. The number of carbonyl (C=O) groups excluding carboxylic acids is 1. The van der Waals surface area contributed by atoms with Gasteiger partial charge in [-0.1, -0.05) is 0 Å². The van der Waals surface area contributed by atoms with E-state index in [0.29, 0.717) is 6.61 Å². The van der Waals surface area contributed by atoms with E-state index in [2.05, 4.69) is 5.32 Å². The highest BCUT2D eigenvalue weighted by atomic mass is 16.5. The number of aliphatic carboxylic acids is 1. The number of carboxylic acid groups (broad SMARTS) is 1. The van der Waals surface area contributed by atoms with Crippen molar-refractivity contribution < 1.29 is 19.4 Å². The molecule has 0 spiro atoms. The van der Waals surface area contributed by atoms with Crippen LogP contribution in [0.5, 0.6) is 0 Å². The van der Waals surface area contributed by atoms with Crippen molar-refractivity contribution in [3.8, 4) is 0 Å². The Labute approximate surface area is 94.2 Å². The van der Waals surface area contributed by atoms with Crippen LogP contribution in [-0.2, 0) is 14.3 Å². The summed E-state index contributed by atoms with van der Waals surface area (Å²) in [5.41, 5.74) is -0.505. The van der Waals surface area contributed by atoms with E-state index in [1.165, 1.54) is 0 Å². The van der Waals surface area contributed by atoms with E-state index in [4.69, 9.17) is 9.84 Å². The van der Waals surface area contributed by atoms with Gasteiger partial charge >= 0.3 is 5.97 Å². The van der Waals surface area contributed by atoms with Crippen molar-refractivity contribution in [3.05, 3.63) is 0 Å². The van der Waals surface area contributed by atoms with Gasteiger partial charge in [-0.05, 0) is 32.1 Å². The lowest BCUT2D eigenvalue weighted by Gasteiger charge is -2.41. The molecule has 5 nitrogen and oxygen atoms in total. The SMILES string of the molecule is O=C(O)CC1(NC(=O)C2CCCO2)CCC1. The van der Waals surface area contributed by atoms with Crippen LogP contribution in [0.25, 0.3) is 0 Å². The van der Waals surface area contributed by atoms with Crippen molar-refractivity contribution in [2.24, 2.45) is 0 Å². The average molecular weight is 227 g/mol. The molecule has 2 aliphatic rings. The molecule has 1 atom stereocenters. The van der Waals surface area contributed by atoms with Crippen molar-refractivity contribution in [1.29, 1.82) is 0 Å². The molecule has 1 heterocycles. The number of hydrogen-bond acceptors (Lipinski definition) is 3. The van der Waals surface area contributed by atoms with Gasteiger partial charge in [0.25, 0.3) is 0 Å². The Hall–Kier alpha value is -1.10. The van der Waals surface area contributed by atoms with Gasteiger partial charge in [-0.2, -0.15) is 0 Å². The first-order valence-corrected chi connectivity index (χ1v) is 5.77. The van der Waals surface area contributed by atoms with E-state index in [9.17, 15) is 9.59 Å². The Bertz CT molecular complexity index is 292. The zero-order valence-corrected chi connectivity index (χ0v) is 9.20. The molecule has 1 amide bonds. The highest BCUT2D eigenvalue weighted by Crippen LogP contribution is 2.35. The molecule has 0 radical (unpaired) electrons. The Morgan fingerprint density at radius 1 is 1.38 bits per heavy atom. The third kappa shape index (κ3) is 2.35.